The number of halogens is 2. The van der Waals surface area contributed by atoms with Crippen LogP contribution in [0.1, 0.15) is 18.3 Å². The highest BCUT2D eigenvalue weighted by Gasteiger charge is 2.22. The van der Waals surface area contributed by atoms with Gasteiger partial charge >= 0.3 is 6.01 Å². The third-order valence-corrected chi connectivity index (χ3v) is 6.07. The summed E-state index contributed by atoms with van der Waals surface area (Å²) in [7, 11) is 0. The first-order chi connectivity index (χ1) is 18.3. The van der Waals surface area contributed by atoms with Crippen LogP contribution in [-0.2, 0) is 4.79 Å². The van der Waals surface area contributed by atoms with Crippen LogP contribution in [0.5, 0.6) is 11.8 Å². The van der Waals surface area contributed by atoms with Crippen molar-refractivity contribution in [1.29, 1.82) is 0 Å². The molecule has 198 valence electrons. The van der Waals surface area contributed by atoms with Crippen molar-refractivity contribution >= 4 is 40.3 Å². The third-order valence-electron chi connectivity index (χ3n) is 6.07. The molecule has 1 aliphatic heterocycles. The van der Waals surface area contributed by atoms with Crippen LogP contribution in [0.15, 0.2) is 30.3 Å². The summed E-state index contributed by atoms with van der Waals surface area (Å²) in [5.74, 6) is -0.736. The third kappa shape index (κ3) is 5.42. The number of allylic oxidation sites excluding steroid dienone is 1. The molecule has 1 amide bonds. The van der Waals surface area contributed by atoms with Crippen molar-refractivity contribution in [2.45, 2.75) is 13.8 Å². The van der Waals surface area contributed by atoms with E-state index in [9.17, 15) is 9.18 Å². The standard InChI is InChI=1S/C25H27F2N9O2/c1-3-4-15-10-21(34-33-15)30-20-12-22(36-7-5-35(6-8-36)13-19(28)37)32-25(31-20)38-18-11-17(26)24-16(23(18)27)9-14(2)29-24/h3-4,9-12,29H,5-8,13H2,1-2H3,(H2,28,37)(H2,30,31,32,33,34)/b4-3+. The number of aromatic nitrogens is 5. The van der Waals surface area contributed by atoms with Gasteiger partial charge in [-0.15, -0.1) is 0 Å². The summed E-state index contributed by atoms with van der Waals surface area (Å²) in [6, 6.07) is 5.82. The van der Waals surface area contributed by atoms with Gasteiger partial charge in [0.2, 0.25) is 5.91 Å². The lowest BCUT2D eigenvalue weighted by Crippen LogP contribution is -2.49. The van der Waals surface area contributed by atoms with E-state index >= 15 is 4.39 Å². The number of piperazine rings is 1. The number of amides is 1. The van der Waals surface area contributed by atoms with Crippen LogP contribution >= 0.6 is 0 Å². The SMILES string of the molecule is C/C=C/c1cc(Nc2cc(N3CCN(CC(N)=O)CC3)nc(Oc3cc(F)c4[nH]c(C)cc4c3F)n2)n[nH]1. The minimum absolute atomic E-state index is 0.0636. The monoisotopic (exact) mass is 523 g/mol. The molecule has 1 saturated heterocycles. The van der Waals surface area contributed by atoms with E-state index in [0.29, 0.717) is 49.3 Å². The number of nitrogens with one attached hydrogen (secondary N) is 3. The number of rotatable bonds is 8. The van der Waals surface area contributed by atoms with Crippen LogP contribution in [0.3, 0.4) is 0 Å². The van der Waals surface area contributed by atoms with Gasteiger partial charge in [-0.25, -0.2) is 8.78 Å². The van der Waals surface area contributed by atoms with Crippen molar-refractivity contribution in [2.24, 2.45) is 5.73 Å². The average Bonchev–Trinajstić information content (AvgIpc) is 3.49. The smallest absolute Gasteiger partial charge is 0.326 e. The summed E-state index contributed by atoms with van der Waals surface area (Å²) in [4.78, 5) is 26.9. The van der Waals surface area contributed by atoms with E-state index in [1.165, 1.54) is 6.07 Å². The second kappa shape index (κ2) is 10.5. The number of anilines is 3. The van der Waals surface area contributed by atoms with Crippen molar-refractivity contribution in [1.82, 2.24) is 30.0 Å². The Labute approximate surface area is 216 Å². The number of H-pyrrole nitrogens is 2. The van der Waals surface area contributed by atoms with E-state index in [4.69, 9.17) is 10.5 Å². The molecule has 5 N–H and O–H groups in total. The number of aryl methyl sites for hydroxylation is 1. The van der Waals surface area contributed by atoms with Gasteiger partial charge in [-0.05, 0) is 26.0 Å². The Bertz CT molecular complexity index is 1510. The molecule has 11 nitrogen and oxygen atoms in total. The van der Waals surface area contributed by atoms with E-state index in [1.807, 2.05) is 28.9 Å². The number of ether oxygens (including phenoxy) is 1. The zero-order valence-corrected chi connectivity index (χ0v) is 20.9. The van der Waals surface area contributed by atoms with Crippen LogP contribution in [-0.4, -0.2) is 68.7 Å². The lowest BCUT2D eigenvalue weighted by Gasteiger charge is -2.34. The predicted molar refractivity (Wildman–Crippen MR) is 139 cm³/mol. The van der Waals surface area contributed by atoms with E-state index in [-0.39, 0.29) is 35.1 Å². The molecule has 0 saturated carbocycles. The molecule has 0 spiro atoms. The van der Waals surface area contributed by atoms with Gasteiger partial charge in [-0.2, -0.15) is 15.1 Å². The number of carbonyl (C=O) groups excluding carboxylic acids is 1. The van der Waals surface area contributed by atoms with Crippen LogP contribution < -0.4 is 20.7 Å². The van der Waals surface area contributed by atoms with Gasteiger partial charge in [0.15, 0.2) is 23.2 Å². The zero-order valence-electron chi connectivity index (χ0n) is 20.9. The zero-order chi connectivity index (χ0) is 26.8. The number of carbonyl (C=O) groups is 1. The lowest BCUT2D eigenvalue weighted by molar-refractivity contribution is -0.119. The molecule has 5 rings (SSSR count). The quantitative estimate of drug-likeness (QED) is 0.275. The molecule has 1 fully saturated rings. The van der Waals surface area contributed by atoms with Gasteiger partial charge in [-0.1, -0.05) is 6.08 Å². The second-order valence-corrected chi connectivity index (χ2v) is 8.97. The highest BCUT2D eigenvalue weighted by Crippen LogP contribution is 2.33. The highest BCUT2D eigenvalue weighted by atomic mass is 19.1. The molecule has 4 heterocycles. The largest absolute Gasteiger partial charge is 0.421 e. The first-order valence-electron chi connectivity index (χ1n) is 12.0. The van der Waals surface area contributed by atoms with E-state index < -0.39 is 11.6 Å². The Morgan fingerprint density at radius 1 is 1.16 bits per heavy atom. The molecular formula is C25H27F2N9O2. The molecule has 38 heavy (non-hydrogen) atoms. The molecule has 4 aromatic rings. The van der Waals surface area contributed by atoms with Gasteiger partial charge in [0.25, 0.3) is 0 Å². The number of aromatic amines is 2. The second-order valence-electron chi connectivity index (χ2n) is 8.97. The van der Waals surface area contributed by atoms with E-state index in [1.54, 1.807) is 19.1 Å². The van der Waals surface area contributed by atoms with Crippen molar-refractivity contribution in [3.8, 4) is 11.8 Å². The molecule has 0 atom stereocenters. The summed E-state index contributed by atoms with van der Waals surface area (Å²) in [6.45, 7) is 6.11. The normalized spacial score (nSPS) is 14.5. The number of nitrogens with zero attached hydrogens (tertiary/aromatic N) is 5. The van der Waals surface area contributed by atoms with Gasteiger partial charge < -0.3 is 25.7 Å². The summed E-state index contributed by atoms with van der Waals surface area (Å²) in [6.07, 6.45) is 3.74. The molecule has 0 bridgehead atoms. The first-order valence-corrected chi connectivity index (χ1v) is 12.0. The molecule has 13 heteroatoms. The van der Waals surface area contributed by atoms with Crippen LogP contribution in [0.4, 0.5) is 26.2 Å². The summed E-state index contributed by atoms with van der Waals surface area (Å²) in [5, 5.41) is 10.3. The topological polar surface area (TPSA) is 141 Å². The minimum atomic E-state index is -0.724. The van der Waals surface area contributed by atoms with Gasteiger partial charge in [0.1, 0.15) is 11.6 Å². The summed E-state index contributed by atoms with van der Waals surface area (Å²) < 4.78 is 35.6. The molecular weight excluding hydrogens is 496 g/mol. The van der Waals surface area contributed by atoms with Crippen molar-refractivity contribution in [3.05, 3.63) is 53.4 Å². The van der Waals surface area contributed by atoms with E-state index in [0.717, 1.165) is 11.8 Å². The Kier molecular flexibility index (Phi) is 6.92. The fraction of sp³-hybridized carbons (Fsp3) is 0.280. The number of primary amides is 1. The molecule has 0 aliphatic carbocycles. The number of hydrogen-bond acceptors (Lipinski definition) is 8. The lowest BCUT2D eigenvalue weighted by atomic mass is 10.2. The van der Waals surface area contributed by atoms with Crippen LogP contribution in [0.25, 0.3) is 17.0 Å². The number of nitrogens with two attached hydrogens (primary N) is 1. The maximum absolute atomic E-state index is 15.2. The number of benzene rings is 1. The van der Waals surface area contributed by atoms with Gasteiger partial charge in [0, 0.05) is 55.5 Å². The average molecular weight is 524 g/mol. The molecule has 3 aromatic heterocycles. The van der Waals surface area contributed by atoms with Crippen LogP contribution in [0, 0.1) is 18.6 Å². The maximum atomic E-state index is 15.2. The Morgan fingerprint density at radius 2 is 1.95 bits per heavy atom. The Hall–Kier alpha value is -4.52. The fourth-order valence-electron chi connectivity index (χ4n) is 4.34. The molecule has 0 radical (unpaired) electrons. The maximum Gasteiger partial charge on any atom is 0.326 e. The van der Waals surface area contributed by atoms with Gasteiger partial charge in [0.05, 0.1) is 17.8 Å². The minimum Gasteiger partial charge on any atom is -0.421 e. The first kappa shape index (κ1) is 25.1. The fourth-order valence-corrected chi connectivity index (χ4v) is 4.34. The summed E-state index contributed by atoms with van der Waals surface area (Å²) >= 11 is 0. The Balaban J connectivity index is 1.46. The van der Waals surface area contributed by atoms with Crippen molar-refractivity contribution in [2.75, 3.05) is 42.9 Å². The van der Waals surface area contributed by atoms with Gasteiger partial charge in [-0.3, -0.25) is 14.8 Å². The number of hydrogen-bond donors (Lipinski definition) is 4. The highest BCUT2D eigenvalue weighted by molar-refractivity contribution is 5.83. The van der Waals surface area contributed by atoms with E-state index in [2.05, 4.69) is 30.5 Å². The van der Waals surface area contributed by atoms with Crippen LogP contribution in [0.2, 0.25) is 0 Å². The Morgan fingerprint density at radius 3 is 2.68 bits per heavy atom. The molecule has 0 unspecified atom stereocenters. The molecule has 1 aliphatic rings. The predicted octanol–water partition coefficient (Wildman–Crippen LogP) is 3.44. The molecule has 1 aromatic carbocycles. The van der Waals surface area contributed by atoms with Crippen molar-refractivity contribution < 1.29 is 18.3 Å². The van der Waals surface area contributed by atoms with Crippen molar-refractivity contribution in [3.63, 3.8) is 0 Å². The summed E-state index contributed by atoms with van der Waals surface area (Å²) in [5.41, 5.74) is 6.79. The number of fused-ring (bicyclic) bond motifs is 1.